The van der Waals surface area contributed by atoms with Gasteiger partial charge in [-0.25, -0.2) is 4.98 Å². The number of benzene rings is 1. The van der Waals surface area contributed by atoms with Gasteiger partial charge in [-0.15, -0.1) is 0 Å². The Morgan fingerprint density at radius 2 is 1.96 bits per heavy atom. The minimum Gasteiger partial charge on any atom is -0.480 e. The van der Waals surface area contributed by atoms with Crippen LogP contribution in [-0.2, 0) is 0 Å². The van der Waals surface area contributed by atoms with Crippen LogP contribution in [-0.4, -0.2) is 39.8 Å². The summed E-state index contributed by atoms with van der Waals surface area (Å²) >= 11 is 0. The van der Waals surface area contributed by atoms with Crippen LogP contribution in [0.2, 0.25) is 0 Å². The summed E-state index contributed by atoms with van der Waals surface area (Å²) in [5.41, 5.74) is 1.31. The van der Waals surface area contributed by atoms with E-state index in [9.17, 15) is 23.1 Å². The Balaban J connectivity index is 1.90. The van der Waals surface area contributed by atoms with Crippen LogP contribution in [0.25, 0.3) is 5.65 Å². The number of ether oxygens (including phenoxy) is 1. The lowest BCUT2D eigenvalue weighted by atomic mass is 10.1. The third-order valence-corrected chi connectivity index (χ3v) is 4.08. The van der Waals surface area contributed by atoms with Gasteiger partial charge in [0.05, 0.1) is 18.3 Å². The molecule has 1 atom stereocenters. The van der Waals surface area contributed by atoms with Gasteiger partial charge in [0.15, 0.2) is 18.0 Å². The monoisotopic (exact) mass is 393 g/mol. The van der Waals surface area contributed by atoms with Gasteiger partial charge < -0.3 is 15.2 Å². The zero-order valence-corrected chi connectivity index (χ0v) is 14.9. The van der Waals surface area contributed by atoms with Gasteiger partial charge in [-0.3, -0.25) is 9.20 Å². The van der Waals surface area contributed by atoms with E-state index in [4.69, 9.17) is 4.74 Å². The molecule has 0 unspecified atom stereocenters. The number of imidazole rings is 1. The molecule has 0 radical (unpaired) electrons. The minimum absolute atomic E-state index is 0.0799. The quantitative estimate of drug-likeness (QED) is 0.675. The Kier molecular flexibility index (Phi) is 5.55. The smallest absolute Gasteiger partial charge is 0.422 e. The number of pyridine rings is 1. The van der Waals surface area contributed by atoms with Crippen LogP contribution in [0, 0.1) is 6.92 Å². The van der Waals surface area contributed by atoms with E-state index < -0.39 is 24.7 Å². The van der Waals surface area contributed by atoms with E-state index in [2.05, 4.69) is 10.3 Å². The van der Waals surface area contributed by atoms with E-state index in [1.165, 1.54) is 22.7 Å². The zero-order valence-electron chi connectivity index (χ0n) is 14.9. The predicted octanol–water partition coefficient (Wildman–Crippen LogP) is 3.05. The number of carbonyl (C=O) groups is 1. The standard InChI is InChI=1S/C19H18F3N3O3/c1-12-16(18(27)24-14(10-26)13-6-3-2-4-7-13)25-9-5-8-15(17(25)23-12)28-11-19(20,21)22/h2-9,14,26H,10-11H2,1H3,(H,24,27)/t14-/m0/s1. The molecule has 0 bridgehead atoms. The summed E-state index contributed by atoms with van der Waals surface area (Å²) in [5.74, 6) is -0.593. The molecule has 0 saturated carbocycles. The molecule has 2 heterocycles. The molecule has 1 aromatic carbocycles. The van der Waals surface area contributed by atoms with Gasteiger partial charge >= 0.3 is 6.18 Å². The second-order valence-corrected chi connectivity index (χ2v) is 6.14. The number of alkyl halides is 3. The highest BCUT2D eigenvalue weighted by Crippen LogP contribution is 2.25. The fraction of sp³-hybridized carbons (Fsp3) is 0.263. The van der Waals surface area contributed by atoms with Gasteiger partial charge in [-0.2, -0.15) is 13.2 Å². The molecular weight excluding hydrogens is 375 g/mol. The van der Waals surface area contributed by atoms with Crippen LogP contribution in [0.1, 0.15) is 27.8 Å². The number of nitrogens with zero attached hydrogens (tertiary/aromatic N) is 2. The third kappa shape index (κ3) is 4.25. The number of fused-ring (bicyclic) bond motifs is 1. The molecule has 0 saturated heterocycles. The highest BCUT2D eigenvalue weighted by molar-refractivity contribution is 5.95. The molecule has 0 fully saturated rings. The van der Waals surface area contributed by atoms with Crippen molar-refractivity contribution in [2.45, 2.75) is 19.1 Å². The van der Waals surface area contributed by atoms with Gasteiger partial charge in [0, 0.05) is 6.20 Å². The first-order chi connectivity index (χ1) is 13.3. The van der Waals surface area contributed by atoms with Gasteiger partial charge in [-0.05, 0) is 24.6 Å². The Bertz CT molecular complexity index is 971. The van der Waals surface area contributed by atoms with Crippen molar-refractivity contribution in [3.8, 4) is 5.75 Å². The Morgan fingerprint density at radius 1 is 1.25 bits per heavy atom. The van der Waals surface area contributed by atoms with Crippen LogP contribution in [0.5, 0.6) is 5.75 Å². The largest absolute Gasteiger partial charge is 0.480 e. The molecule has 9 heteroatoms. The van der Waals surface area contributed by atoms with E-state index in [0.717, 1.165) is 5.56 Å². The summed E-state index contributed by atoms with van der Waals surface area (Å²) in [6, 6.07) is 11.1. The van der Waals surface area contributed by atoms with Crippen molar-refractivity contribution in [2.75, 3.05) is 13.2 Å². The molecule has 3 aromatic rings. The van der Waals surface area contributed by atoms with E-state index in [1.54, 1.807) is 31.2 Å². The van der Waals surface area contributed by atoms with Gasteiger partial charge in [0.1, 0.15) is 5.69 Å². The second kappa shape index (κ2) is 7.89. The number of rotatable bonds is 6. The van der Waals surface area contributed by atoms with Crippen molar-refractivity contribution < 1.29 is 27.8 Å². The maximum Gasteiger partial charge on any atom is 0.422 e. The van der Waals surface area contributed by atoms with E-state index in [-0.39, 0.29) is 23.7 Å². The summed E-state index contributed by atoms with van der Waals surface area (Å²) < 4.78 is 43.6. The number of hydrogen-bond acceptors (Lipinski definition) is 4. The lowest BCUT2D eigenvalue weighted by molar-refractivity contribution is -0.153. The topological polar surface area (TPSA) is 75.9 Å². The van der Waals surface area contributed by atoms with Crippen LogP contribution < -0.4 is 10.1 Å². The molecule has 6 nitrogen and oxygen atoms in total. The number of nitrogens with one attached hydrogen (secondary N) is 1. The number of carbonyl (C=O) groups excluding carboxylic acids is 1. The summed E-state index contributed by atoms with van der Waals surface area (Å²) in [6.07, 6.45) is -2.97. The molecule has 0 aliphatic heterocycles. The van der Waals surface area contributed by atoms with Gasteiger partial charge in [0.2, 0.25) is 0 Å². The molecule has 1 amide bonds. The molecule has 0 spiro atoms. The number of halogens is 3. The van der Waals surface area contributed by atoms with Crippen molar-refractivity contribution in [2.24, 2.45) is 0 Å². The molecule has 3 rings (SSSR count). The second-order valence-electron chi connectivity index (χ2n) is 6.14. The number of amides is 1. The molecule has 0 aliphatic carbocycles. The number of aryl methyl sites for hydroxylation is 1. The SMILES string of the molecule is Cc1nc2c(OCC(F)(F)F)cccn2c1C(=O)N[C@@H](CO)c1ccccc1. The average Bonchev–Trinajstić information content (AvgIpc) is 3.00. The number of hydrogen-bond donors (Lipinski definition) is 2. The first kappa shape index (κ1) is 19.7. The van der Waals surface area contributed by atoms with Crippen LogP contribution in [0.15, 0.2) is 48.7 Å². The average molecular weight is 393 g/mol. The fourth-order valence-electron chi connectivity index (χ4n) is 2.85. The maximum atomic E-state index is 12.8. The number of aliphatic hydroxyl groups excluding tert-OH is 1. The van der Waals surface area contributed by atoms with Crippen molar-refractivity contribution >= 4 is 11.6 Å². The van der Waals surface area contributed by atoms with E-state index >= 15 is 0 Å². The lowest BCUT2D eigenvalue weighted by Gasteiger charge is -2.17. The minimum atomic E-state index is -4.49. The Hall–Kier alpha value is -3.07. The highest BCUT2D eigenvalue weighted by Gasteiger charge is 2.29. The van der Waals surface area contributed by atoms with E-state index in [1.807, 2.05) is 6.07 Å². The normalized spacial score (nSPS) is 12.8. The predicted molar refractivity (Wildman–Crippen MR) is 95.2 cm³/mol. The molecule has 0 aliphatic rings. The van der Waals surface area contributed by atoms with Crippen molar-refractivity contribution in [1.82, 2.24) is 14.7 Å². The first-order valence-electron chi connectivity index (χ1n) is 8.44. The summed E-state index contributed by atoms with van der Waals surface area (Å²) in [6.45, 7) is -0.196. The molecule has 148 valence electrons. The molecule has 2 N–H and O–H groups in total. The van der Waals surface area contributed by atoms with E-state index in [0.29, 0.717) is 5.69 Å². The lowest BCUT2D eigenvalue weighted by Crippen LogP contribution is -2.32. The highest BCUT2D eigenvalue weighted by atomic mass is 19.4. The summed E-state index contributed by atoms with van der Waals surface area (Å²) in [5, 5.41) is 12.4. The molecule has 28 heavy (non-hydrogen) atoms. The Morgan fingerprint density at radius 3 is 2.61 bits per heavy atom. The zero-order chi connectivity index (χ0) is 20.3. The summed E-state index contributed by atoms with van der Waals surface area (Å²) in [7, 11) is 0. The van der Waals surface area contributed by atoms with Crippen LogP contribution in [0.3, 0.4) is 0 Å². The fourth-order valence-corrected chi connectivity index (χ4v) is 2.85. The molecule has 2 aromatic heterocycles. The third-order valence-electron chi connectivity index (χ3n) is 4.08. The van der Waals surface area contributed by atoms with Gasteiger partial charge in [0.25, 0.3) is 5.91 Å². The maximum absolute atomic E-state index is 12.8. The summed E-state index contributed by atoms with van der Waals surface area (Å²) in [4.78, 5) is 17.0. The van der Waals surface area contributed by atoms with Crippen LogP contribution >= 0.6 is 0 Å². The number of aromatic nitrogens is 2. The van der Waals surface area contributed by atoms with Gasteiger partial charge in [-0.1, -0.05) is 30.3 Å². The first-order valence-corrected chi connectivity index (χ1v) is 8.44. The molecular formula is C19H18F3N3O3. The number of aliphatic hydroxyl groups is 1. The van der Waals surface area contributed by atoms with Crippen molar-refractivity contribution in [1.29, 1.82) is 0 Å². The van der Waals surface area contributed by atoms with Crippen molar-refractivity contribution in [3.63, 3.8) is 0 Å². The Labute approximate surface area is 158 Å². The van der Waals surface area contributed by atoms with Crippen molar-refractivity contribution in [3.05, 3.63) is 65.6 Å². The van der Waals surface area contributed by atoms with Crippen LogP contribution in [0.4, 0.5) is 13.2 Å².